The minimum Gasteiger partial charge on any atom is -0.466 e. The number of nitriles is 2. The Kier molecular flexibility index (Phi) is 3.73. The topological polar surface area (TPSA) is 73.9 Å². The maximum atomic E-state index is 12.9. The summed E-state index contributed by atoms with van der Waals surface area (Å²) in [6, 6.07) is 1.12. The highest BCUT2D eigenvalue weighted by molar-refractivity contribution is 5.82. The lowest BCUT2D eigenvalue weighted by Gasteiger charge is -2.19. The molecule has 0 spiro atoms. The van der Waals surface area contributed by atoms with Gasteiger partial charge in [-0.2, -0.15) is 36.9 Å². The molecule has 3 atom stereocenters. The molecule has 0 radical (unpaired) electrons. The summed E-state index contributed by atoms with van der Waals surface area (Å²) in [6.07, 6.45) is -10.6. The molecule has 1 rings (SSSR count). The van der Waals surface area contributed by atoms with Crippen molar-refractivity contribution in [3.8, 4) is 12.1 Å². The van der Waals surface area contributed by atoms with Gasteiger partial charge in [-0.25, -0.2) is 4.79 Å². The van der Waals surface area contributed by atoms with Crippen molar-refractivity contribution in [2.45, 2.75) is 12.4 Å². The van der Waals surface area contributed by atoms with Crippen LogP contribution < -0.4 is 0 Å². The quantitative estimate of drug-likeness (QED) is 0.446. The number of carbonyl (C=O) groups is 1. The molecule has 2 unspecified atom stereocenters. The number of esters is 1. The Morgan fingerprint density at radius 1 is 1.10 bits per heavy atom. The van der Waals surface area contributed by atoms with E-state index >= 15 is 0 Å². The average molecular weight is 312 g/mol. The van der Waals surface area contributed by atoms with Gasteiger partial charge in [-0.3, -0.25) is 0 Å². The SMILES string of the molecule is COC(=O)/C=C\C1C(C#N)(C(F)(F)F)[C@]1(C#N)C(F)(F)F. The van der Waals surface area contributed by atoms with Crippen LogP contribution in [0.1, 0.15) is 0 Å². The van der Waals surface area contributed by atoms with E-state index in [9.17, 15) is 31.1 Å². The van der Waals surface area contributed by atoms with Crippen molar-refractivity contribution in [1.82, 2.24) is 0 Å². The maximum absolute atomic E-state index is 12.9. The van der Waals surface area contributed by atoms with Gasteiger partial charge in [-0.1, -0.05) is 6.08 Å². The molecule has 1 aliphatic rings. The second-order valence-electron chi connectivity index (χ2n) is 4.20. The van der Waals surface area contributed by atoms with E-state index in [0.717, 1.165) is 7.11 Å². The van der Waals surface area contributed by atoms with Gasteiger partial charge in [0.05, 0.1) is 19.2 Å². The Bertz CT molecular complexity index is 529. The molecule has 0 N–H and O–H groups in total. The monoisotopic (exact) mass is 312 g/mol. The maximum Gasteiger partial charge on any atom is 0.409 e. The van der Waals surface area contributed by atoms with Crippen LogP contribution in [0.15, 0.2) is 12.2 Å². The van der Waals surface area contributed by atoms with Crippen LogP contribution in [-0.4, -0.2) is 25.4 Å². The Morgan fingerprint density at radius 2 is 1.48 bits per heavy atom. The van der Waals surface area contributed by atoms with Gasteiger partial charge in [-0.05, 0) is 0 Å². The molecule has 0 aromatic rings. The molecule has 10 heteroatoms. The molecule has 4 nitrogen and oxygen atoms in total. The van der Waals surface area contributed by atoms with Gasteiger partial charge < -0.3 is 4.74 Å². The van der Waals surface area contributed by atoms with Crippen LogP contribution >= 0.6 is 0 Å². The number of hydrogen-bond acceptors (Lipinski definition) is 4. The molecule has 21 heavy (non-hydrogen) atoms. The van der Waals surface area contributed by atoms with Crippen molar-refractivity contribution in [3.05, 3.63) is 12.2 Å². The lowest BCUT2D eigenvalue weighted by atomic mass is 9.94. The number of carbonyl (C=O) groups excluding carboxylic acids is 1. The van der Waals surface area contributed by atoms with E-state index in [2.05, 4.69) is 4.74 Å². The van der Waals surface area contributed by atoms with E-state index in [1.165, 1.54) is 0 Å². The summed E-state index contributed by atoms with van der Waals surface area (Å²) < 4.78 is 81.7. The first-order chi connectivity index (χ1) is 9.46. The highest BCUT2D eigenvalue weighted by Crippen LogP contribution is 2.80. The Hall–Kier alpha value is -2.23. The Morgan fingerprint density at radius 3 is 1.71 bits per heavy atom. The van der Waals surface area contributed by atoms with Crippen LogP contribution in [-0.2, 0) is 9.53 Å². The summed E-state index contributed by atoms with van der Waals surface area (Å²) >= 11 is 0. The van der Waals surface area contributed by atoms with Crippen molar-refractivity contribution >= 4 is 5.97 Å². The molecule has 0 aliphatic heterocycles. The second-order valence-corrected chi connectivity index (χ2v) is 4.20. The van der Waals surface area contributed by atoms with Gasteiger partial charge in [0.1, 0.15) is 0 Å². The largest absolute Gasteiger partial charge is 0.466 e. The molecule has 1 saturated carbocycles. The van der Waals surface area contributed by atoms with Crippen molar-refractivity contribution in [2.75, 3.05) is 7.11 Å². The van der Waals surface area contributed by atoms with Crippen LogP contribution in [0.2, 0.25) is 0 Å². The fourth-order valence-corrected chi connectivity index (χ4v) is 2.28. The molecule has 0 saturated heterocycles. The first-order valence-electron chi connectivity index (χ1n) is 5.18. The molecular weight excluding hydrogens is 306 g/mol. The molecule has 114 valence electrons. The summed E-state index contributed by atoms with van der Waals surface area (Å²) in [5.74, 6) is -3.75. The van der Waals surface area contributed by atoms with E-state index in [4.69, 9.17) is 10.5 Å². The standard InChI is InChI=1S/C11H6F6N2O2/c1-21-7(20)3-2-6-8(4-18,10(12,13)14)9(6,5-19)11(15,16)17/h2-3,6H,1H3/b3-2-/t6?,8-,9?/m1/s1. The summed E-state index contributed by atoms with van der Waals surface area (Å²) in [6.45, 7) is 0. The number of allylic oxidation sites excluding steroid dienone is 1. The summed E-state index contributed by atoms with van der Waals surface area (Å²) in [5.41, 5.74) is -7.89. The molecule has 0 aromatic heterocycles. The highest BCUT2D eigenvalue weighted by atomic mass is 19.4. The molecule has 0 amide bonds. The first-order valence-corrected chi connectivity index (χ1v) is 5.18. The van der Waals surface area contributed by atoms with Crippen LogP contribution in [0.3, 0.4) is 0 Å². The van der Waals surface area contributed by atoms with Crippen molar-refractivity contribution in [1.29, 1.82) is 10.5 Å². The number of rotatable bonds is 2. The van der Waals surface area contributed by atoms with Gasteiger partial charge in [-0.15, -0.1) is 0 Å². The average Bonchev–Trinajstić information content (AvgIpc) is 2.99. The van der Waals surface area contributed by atoms with Crippen molar-refractivity contribution in [3.63, 3.8) is 0 Å². The first kappa shape index (κ1) is 16.8. The highest BCUT2D eigenvalue weighted by Gasteiger charge is 2.96. The third-order valence-electron chi connectivity index (χ3n) is 3.34. The number of nitrogens with zero attached hydrogens (tertiary/aromatic N) is 2. The van der Waals surface area contributed by atoms with Crippen LogP contribution in [0.25, 0.3) is 0 Å². The minimum atomic E-state index is -5.60. The number of ether oxygens (including phenoxy) is 1. The fraction of sp³-hybridized carbons (Fsp3) is 0.545. The zero-order chi connectivity index (χ0) is 16.7. The predicted molar refractivity (Wildman–Crippen MR) is 52.8 cm³/mol. The predicted octanol–water partition coefficient (Wildman–Crippen LogP) is 2.49. The van der Waals surface area contributed by atoms with Gasteiger partial charge in [0.25, 0.3) is 0 Å². The van der Waals surface area contributed by atoms with E-state index < -0.39 is 35.1 Å². The summed E-state index contributed by atoms with van der Waals surface area (Å²) in [7, 11) is 0.863. The molecule has 0 heterocycles. The smallest absolute Gasteiger partial charge is 0.409 e. The Labute approximate surface area is 114 Å². The summed E-state index contributed by atoms with van der Waals surface area (Å²) in [4.78, 5) is 10.8. The molecular formula is C11H6F6N2O2. The van der Waals surface area contributed by atoms with Crippen LogP contribution in [0.5, 0.6) is 0 Å². The number of hydrogen-bond donors (Lipinski definition) is 0. The Balaban J connectivity index is 3.48. The molecule has 0 bridgehead atoms. The van der Waals surface area contributed by atoms with Crippen molar-refractivity contribution in [2.24, 2.45) is 16.7 Å². The van der Waals surface area contributed by atoms with E-state index in [0.29, 0.717) is 18.2 Å². The zero-order valence-corrected chi connectivity index (χ0v) is 10.2. The summed E-state index contributed by atoms with van der Waals surface area (Å²) in [5, 5.41) is 17.3. The van der Waals surface area contributed by atoms with Gasteiger partial charge in [0.2, 0.25) is 0 Å². The van der Waals surface area contributed by atoms with Crippen LogP contribution in [0, 0.1) is 39.4 Å². The normalized spacial score (nSPS) is 32.3. The molecule has 1 fully saturated rings. The second kappa shape index (κ2) is 4.65. The van der Waals surface area contributed by atoms with Crippen molar-refractivity contribution < 1.29 is 35.9 Å². The van der Waals surface area contributed by atoms with Crippen LogP contribution in [0.4, 0.5) is 26.3 Å². The van der Waals surface area contributed by atoms with E-state index in [1.807, 2.05) is 0 Å². The van der Waals surface area contributed by atoms with Gasteiger partial charge in [0, 0.05) is 12.0 Å². The van der Waals surface area contributed by atoms with E-state index in [-0.39, 0.29) is 6.08 Å². The number of alkyl halides is 6. The third kappa shape index (κ3) is 1.94. The number of halogens is 6. The fourth-order valence-electron chi connectivity index (χ4n) is 2.28. The zero-order valence-electron chi connectivity index (χ0n) is 10.2. The third-order valence-corrected chi connectivity index (χ3v) is 3.34. The van der Waals surface area contributed by atoms with Gasteiger partial charge in [0.15, 0.2) is 10.8 Å². The van der Waals surface area contributed by atoms with E-state index in [1.54, 1.807) is 0 Å². The molecule has 0 aromatic carbocycles. The molecule has 1 aliphatic carbocycles. The lowest BCUT2D eigenvalue weighted by molar-refractivity contribution is -0.226. The lowest BCUT2D eigenvalue weighted by Crippen LogP contribution is -2.37. The number of methoxy groups -OCH3 is 1. The van der Waals surface area contributed by atoms with Gasteiger partial charge >= 0.3 is 18.3 Å². The minimum absolute atomic E-state index is 0.235.